The highest BCUT2D eigenvalue weighted by Crippen LogP contribution is 2.21. The number of hydrogen-bond acceptors (Lipinski definition) is 4. The first-order valence-electron chi connectivity index (χ1n) is 8.45. The molecular weight excluding hydrogens is 384 g/mol. The van der Waals surface area contributed by atoms with Crippen molar-refractivity contribution in [2.24, 2.45) is 0 Å². The molecule has 0 saturated heterocycles. The van der Waals surface area contributed by atoms with Crippen molar-refractivity contribution < 1.29 is 18.4 Å². The molecule has 28 heavy (non-hydrogen) atoms. The molecule has 0 aliphatic heterocycles. The van der Waals surface area contributed by atoms with Crippen LogP contribution < -0.4 is 10.6 Å². The first-order chi connectivity index (χ1) is 13.4. The number of benzene rings is 2. The molecule has 2 aromatic carbocycles. The molecule has 3 aromatic rings. The van der Waals surface area contributed by atoms with Crippen LogP contribution in [0.4, 0.5) is 14.5 Å². The van der Waals surface area contributed by atoms with E-state index in [0.29, 0.717) is 17.0 Å². The quantitative estimate of drug-likeness (QED) is 0.662. The van der Waals surface area contributed by atoms with Crippen LogP contribution in [0.1, 0.15) is 25.9 Å². The van der Waals surface area contributed by atoms with Crippen LogP contribution in [-0.2, 0) is 11.2 Å². The standard InChI is InChI=1S/C20H17F2N3O2S/c1-12-19(28-18(24-12)9-13-5-3-2-4-6-13)20(27)23-11-17(26)25-14-7-8-15(21)16(22)10-14/h2-8,10H,9,11H2,1H3,(H,23,27)(H,25,26). The smallest absolute Gasteiger partial charge is 0.263 e. The highest BCUT2D eigenvalue weighted by atomic mass is 32.1. The largest absolute Gasteiger partial charge is 0.342 e. The molecule has 1 heterocycles. The zero-order chi connectivity index (χ0) is 20.1. The average molecular weight is 401 g/mol. The third-order valence-corrected chi connectivity index (χ3v) is 5.01. The summed E-state index contributed by atoms with van der Waals surface area (Å²) >= 11 is 1.28. The third-order valence-electron chi connectivity index (χ3n) is 3.86. The van der Waals surface area contributed by atoms with Crippen molar-refractivity contribution in [1.29, 1.82) is 0 Å². The van der Waals surface area contributed by atoms with E-state index in [9.17, 15) is 18.4 Å². The molecule has 0 aliphatic carbocycles. The minimum Gasteiger partial charge on any atom is -0.342 e. The van der Waals surface area contributed by atoms with Crippen LogP contribution in [0.25, 0.3) is 0 Å². The Morgan fingerprint density at radius 3 is 2.54 bits per heavy atom. The maximum absolute atomic E-state index is 13.2. The van der Waals surface area contributed by atoms with Crippen LogP contribution in [0.2, 0.25) is 0 Å². The Labute approximate surface area is 164 Å². The zero-order valence-corrected chi connectivity index (χ0v) is 15.8. The Hall–Kier alpha value is -3.13. The summed E-state index contributed by atoms with van der Waals surface area (Å²) in [5.41, 5.74) is 1.79. The van der Waals surface area contributed by atoms with Crippen molar-refractivity contribution in [1.82, 2.24) is 10.3 Å². The average Bonchev–Trinajstić information content (AvgIpc) is 3.04. The summed E-state index contributed by atoms with van der Waals surface area (Å²) < 4.78 is 26.1. The molecule has 2 N–H and O–H groups in total. The fourth-order valence-corrected chi connectivity index (χ4v) is 3.54. The molecule has 2 amide bonds. The second-order valence-electron chi connectivity index (χ2n) is 6.04. The van der Waals surface area contributed by atoms with Crippen molar-refractivity contribution >= 4 is 28.8 Å². The predicted octanol–water partition coefficient (Wildman–Crippen LogP) is 3.69. The molecular formula is C20H17F2N3O2S. The van der Waals surface area contributed by atoms with Gasteiger partial charge >= 0.3 is 0 Å². The minimum absolute atomic E-state index is 0.109. The lowest BCUT2D eigenvalue weighted by atomic mass is 10.2. The van der Waals surface area contributed by atoms with Gasteiger partial charge in [0.25, 0.3) is 5.91 Å². The summed E-state index contributed by atoms with van der Waals surface area (Å²) in [4.78, 5) is 29.1. The maximum atomic E-state index is 13.2. The summed E-state index contributed by atoms with van der Waals surface area (Å²) in [7, 11) is 0. The van der Waals surface area contributed by atoms with Gasteiger partial charge in [-0.2, -0.15) is 0 Å². The normalized spacial score (nSPS) is 10.5. The summed E-state index contributed by atoms with van der Waals surface area (Å²) in [6, 6.07) is 12.8. The Balaban J connectivity index is 1.57. The Morgan fingerprint density at radius 2 is 1.82 bits per heavy atom. The molecule has 0 spiro atoms. The Kier molecular flexibility index (Phi) is 6.10. The van der Waals surface area contributed by atoms with Gasteiger partial charge in [0.05, 0.1) is 17.2 Å². The van der Waals surface area contributed by atoms with Gasteiger partial charge in [0.15, 0.2) is 11.6 Å². The zero-order valence-electron chi connectivity index (χ0n) is 15.0. The van der Waals surface area contributed by atoms with Crippen LogP contribution in [0.3, 0.4) is 0 Å². The Bertz CT molecular complexity index is 1010. The van der Waals surface area contributed by atoms with E-state index in [1.165, 1.54) is 17.4 Å². The van der Waals surface area contributed by atoms with Gasteiger partial charge in [-0.25, -0.2) is 13.8 Å². The minimum atomic E-state index is -1.06. The van der Waals surface area contributed by atoms with Crippen molar-refractivity contribution in [3.05, 3.63) is 81.3 Å². The van der Waals surface area contributed by atoms with E-state index < -0.39 is 23.4 Å². The van der Waals surface area contributed by atoms with Gasteiger partial charge in [-0.1, -0.05) is 30.3 Å². The van der Waals surface area contributed by atoms with Crippen molar-refractivity contribution in [2.75, 3.05) is 11.9 Å². The molecule has 0 aliphatic rings. The van der Waals surface area contributed by atoms with Gasteiger partial charge in [0, 0.05) is 18.2 Å². The van der Waals surface area contributed by atoms with Gasteiger partial charge in [-0.05, 0) is 24.6 Å². The number of hydrogen-bond donors (Lipinski definition) is 2. The molecule has 3 rings (SSSR count). The van der Waals surface area contributed by atoms with E-state index in [1.54, 1.807) is 6.92 Å². The highest BCUT2D eigenvalue weighted by molar-refractivity contribution is 7.13. The molecule has 0 unspecified atom stereocenters. The van der Waals surface area contributed by atoms with E-state index in [-0.39, 0.29) is 12.2 Å². The third kappa shape index (κ3) is 4.98. The number of thiazole rings is 1. The van der Waals surface area contributed by atoms with Gasteiger partial charge < -0.3 is 10.6 Å². The van der Waals surface area contributed by atoms with Crippen LogP contribution in [0.5, 0.6) is 0 Å². The van der Waals surface area contributed by atoms with Crippen molar-refractivity contribution in [2.45, 2.75) is 13.3 Å². The summed E-state index contributed by atoms with van der Waals surface area (Å²) in [5.74, 6) is -3.02. The van der Waals surface area contributed by atoms with Gasteiger partial charge in [-0.15, -0.1) is 11.3 Å². The van der Waals surface area contributed by atoms with Crippen molar-refractivity contribution in [3.63, 3.8) is 0 Å². The predicted molar refractivity (Wildman–Crippen MR) is 103 cm³/mol. The van der Waals surface area contributed by atoms with Crippen LogP contribution in [-0.4, -0.2) is 23.3 Å². The number of rotatable bonds is 6. The van der Waals surface area contributed by atoms with E-state index >= 15 is 0 Å². The molecule has 0 fully saturated rings. The second-order valence-corrected chi connectivity index (χ2v) is 7.13. The maximum Gasteiger partial charge on any atom is 0.263 e. The number of carbonyl (C=O) groups excluding carboxylic acids is 2. The van der Waals surface area contributed by atoms with Gasteiger partial charge in [0.1, 0.15) is 4.88 Å². The van der Waals surface area contributed by atoms with E-state index in [0.717, 1.165) is 22.7 Å². The first-order valence-corrected chi connectivity index (χ1v) is 9.27. The molecule has 5 nitrogen and oxygen atoms in total. The number of carbonyl (C=O) groups is 2. The van der Waals surface area contributed by atoms with Crippen molar-refractivity contribution in [3.8, 4) is 0 Å². The van der Waals surface area contributed by atoms with Crippen LogP contribution >= 0.6 is 11.3 Å². The van der Waals surface area contributed by atoms with Crippen LogP contribution in [0, 0.1) is 18.6 Å². The van der Waals surface area contributed by atoms with Gasteiger partial charge in [0.2, 0.25) is 5.91 Å². The molecule has 8 heteroatoms. The fraction of sp³-hybridized carbons (Fsp3) is 0.150. The van der Waals surface area contributed by atoms with E-state index in [2.05, 4.69) is 15.6 Å². The molecule has 144 valence electrons. The monoisotopic (exact) mass is 401 g/mol. The number of nitrogens with zero attached hydrogens (tertiary/aromatic N) is 1. The molecule has 0 saturated carbocycles. The topological polar surface area (TPSA) is 71.1 Å². The summed E-state index contributed by atoms with van der Waals surface area (Å²) in [6.45, 7) is 1.43. The molecule has 1 aromatic heterocycles. The number of amides is 2. The summed E-state index contributed by atoms with van der Waals surface area (Å²) in [6.07, 6.45) is 0.621. The summed E-state index contributed by atoms with van der Waals surface area (Å²) in [5, 5.41) is 5.72. The van der Waals surface area contributed by atoms with Gasteiger partial charge in [-0.3, -0.25) is 9.59 Å². The lowest BCUT2D eigenvalue weighted by molar-refractivity contribution is -0.115. The molecule has 0 atom stereocenters. The molecule has 0 radical (unpaired) electrons. The van der Waals surface area contributed by atoms with Crippen LogP contribution in [0.15, 0.2) is 48.5 Å². The number of anilines is 1. The number of aryl methyl sites for hydroxylation is 1. The SMILES string of the molecule is Cc1nc(Cc2ccccc2)sc1C(=O)NCC(=O)Nc1ccc(F)c(F)c1. The lowest BCUT2D eigenvalue weighted by Gasteiger charge is -2.07. The Morgan fingerprint density at radius 1 is 1.07 bits per heavy atom. The number of aromatic nitrogens is 1. The molecule has 0 bridgehead atoms. The van der Waals surface area contributed by atoms with E-state index in [4.69, 9.17) is 0 Å². The fourth-order valence-electron chi connectivity index (χ4n) is 2.53. The van der Waals surface area contributed by atoms with E-state index in [1.807, 2.05) is 30.3 Å². The highest BCUT2D eigenvalue weighted by Gasteiger charge is 2.16. The number of halogens is 2. The lowest BCUT2D eigenvalue weighted by Crippen LogP contribution is -2.32. The number of nitrogens with one attached hydrogen (secondary N) is 2. The second kappa shape index (κ2) is 8.71. The first kappa shape index (κ1) is 19.6.